The zero-order chi connectivity index (χ0) is 16.1. The Hall–Kier alpha value is -2.05. The molecule has 0 saturated carbocycles. The minimum Gasteiger partial charge on any atom is -0.299 e. The summed E-state index contributed by atoms with van der Waals surface area (Å²) in [5.74, 6) is 0. The van der Waals surface area contributed by atoms with Gasteiger partial charge in [-0.15, -0.1) is 0 Å². The number of hydrogen-bond donors (Lipinski definition) is 0. The van der Waals surface area contributed by atoms with Crippen LogP contribution in [0.4, 0.5) is 0 Å². The predicted molar refractivity (Wildman–Crippen MR) is 89.2 cm³/mol. The molecule has 0 radical (unpaired) electrons. The van der Waals surface area contributed by atoms with Crippen LogP contribution in [0.15, 0.2) is 41.5 Å². The van der Waals surface area contributed by atoms with Gasteiger partial charge < -0.3 is 0 Å². The van der Waals surface area contributed by atoms with Crippen molar-refractivity contribution >= 4 is 0 Å². The van der Waals surface area contributed by atoms with Crippen LogP contribution in [0.3, 0.4) is 0 Å². The Morgan fingerprint density at radius 2 is 1.83 bits per heavy atom. The van der Waals surface area contributed by atoms with Gasteiger partial charge in [-0.05, 0) is 24.6 Å². The van der Waals surface area contributed by atoms with Gasteiger partial charge in [0.05, 0.1) is 12.2 Å². The van der Waals surface area contributed by atoms with E-state index >= 15 is 0 Å². The van der Waals surface area contributed by atoms with Crippen LogP contribution in [0.2, 0.25) is 0 Å². The average Bonchev–Trinajstić information content (AvgIpc) is 2.58. The van der Waals surface area contributed by atoms with Crippen LogP contribution >= 0.6 is 0 Å². The third-order valence-corrected chi connectivity index (χ3v) is 4.22. The highest BCUT2D eigenvalue weighted by atomic mass is 16.1. The van der Waals surface area contributed by atoms with Gasteiger partial charge in [-0.25, -0.2) is 4.68 Å². The normalized spacial score (nSPS) is 16.6. The quantitative estimate of drug-likeness (QED) is 0.816. The molecule has 0 aliphatic carbocycles. The van der Waals surface area contributed by atoms with Crippen molar-refractivity contribution in [2.24, 2.45) is 0 Å². The fourth-order valence-corrected chi connectivity index (χ4v) is 2.87. The molecule has 0 aromatic carbocycles. The maximum absolute atomic E-state index is 11.8. The van der Waals surface area contributed by atoms with Crippen molar-refractivity contribution in [2.75, 3.05) is 32.7 Å². The van der Waals surface area contributed by atoms with E-state index in [2.05, 4.69) is 25.9 Å². The fraction of sp³-hybridized carbons (Fsp3) is 0.471. The molecule has 0 atom stereocenters. The lowest BCUT2D eigenvalue weighted by atomic mass is 10.2. The monoisotopic (exact) mass is 313 g/mol. The number of hydrogen-bond acceptors (Lipinski definition) is 5. The largest absolute Gasteiger partial charge is 0.299 e. The highest BCUT2D eigenvalue weighted by Gasteiger charge is 2.17. The molecule has 1 fully saturated rings. The van der Waals surface area contributed by atoms with E-state index in [0.29, 0.717) is 6.54 Å². The van der Waals surface area contributed by atoms with Crippen molar-refractivity contribution in [2.45, 2.75) is 20.0 Å². The Kier molecular flexibility index (Phi) is 5.15. The molecule has 3 rings (SSSR count). The van der Waals surface area contributed by atoms with Gasteiger partial charge in [-0.2, -0.15) is 5.10 Å². The highest BCUT2D eigenvalue weighted by Crippen LogP contribution is 2.07. The number of aromatic nitrogens is 3. The summed E-state index contributed by atoms with van der Waals surface area (Å²) >= 11 is 0. The number of aryl methyl sites for hydroxylation is 1. The first-order chi connectivity index (χ1) is 11.2. The minimum absolute atomic E-state index is 0.0224. The van der Waals surface area contributed by atoms with E-state index in [0.717, 1.165) is 45.0 Å². The summed E-state index contributed by atoms with van der Waals surface area (Å²) in [4.78, 5) is 20.8. The molecule has 6 nitrogen and oxygen atoms in total. The topological polar surface area (TPSA) is 54.3 Å². The van der Waals surface area contributed by atoms with Crippen LogP contribution in [-0.4, -0.2) is 57.3 Å². The Bertz CT molecular complexity index is 677. The molecular formula is C17H23N5O. The van der Waals surface area contributed by atoms with Crippen molar-refractivity contribution in [3.05, 3.63) is 58.3 Å². The first-order valence-corrected chi connectivity index (χ1v) is 8.09. The molecular weight excluding hydrogens is 290 g/mol. The summed E-state index contributed by atoms with van der Waals surface area (Å²) in [6.07, 6.45) is 3.74. The maximum Gasteiger partial charge on any atom is 0.266 e. The Balaban J connectivity index is 1.46. The molecule has 0 spiro atoms. The van der Waals surface area contributed by atoms with Crippen LogP contribution in [0.5, 0.6) is 0 Å². The number of piperazine rings is 1. The van der Waals surface area contributed by atoms with E-state index in [9.17, 15) is 4.79 Å². The van der Waals surface area contributed by atoms with Gasteiger partial charge in [0.2, 0.25) is 0 Å². The second-order valence-electron chi connectivity index (χ2n) is 6.02. The lowest BCUT2D eigenvalue weighted by Gasteiger charge is -2.34. The molecule has 0 unspecified atom stereocenters. The van der Waals surface area contributed by atoms with Gasteiger partial charge in [0.1, 0.15) is 0 Å². The number of rotatable bonds is 5. The van der Waals surface area contributed by atoms with Gasteiger partial charge in [0.25, 0.3) is 5.56 Å². The third-order valence-electron chi connectivity index (χ3n) is 4.22. The second-order valence-corrected chi connectivity index (χ2v) is 6.02. The maximum atomic E-state index is 11.8. The molecule has 122 valence electrons. The molecule has 2 aromatic rings. The number of nitrogens with zero attached hydrogens (tertiary/aromatic N) is 5. The standard InChI is InChI=1S/C17H23N5O/c1-15-4-5-17(23)22(19-15)12-11-20-7-9-21(10-8-20)14-16-3-2-6-18-13-16/h2-6,13H,7-12,14H2,1H3. The highest BCUT2D eigenvalue weighted by molar-refractivity contribution is 5.08. The van der Waals surface area contributed by atoms with E-state index < -0.39 is 0 Å². The van der Waals surface area contributed by atoms with E-state index in [1.54, 1.807) is 16.8 Å². The van der Waals surface area contributed by atoms with E-state index in [-0.39, 0.29) is 5.56 Å². The Morgan fingerprint density at radius 1 is 1.04 bits per heavy atom. The van der Waals surface area contributed by atoms with E-state index in [1.807, 2.05) is 25.4 Å². The molecule has 2 aromatic heterocycles. The lowest BCUT2D eigenvalue weighted by molar-refractivity contribution is 0.122. The van der Waals surface area contributed by atoms with E-state index in [1.165, 1.54) is 5.56 Å². The van der Waals surface area contributed by atoms with Crippen LogP contribution in [0, 0.1) is 6.92 Å². The molecule has 0 N–H and O–H groups in total. The first kappa shape index (κ1) is 15.8. The molecule has 6 heteroatoms. The van der Waals surface area contributed by atoms with Crippen LogP contribution in [0.1, 0.15) is 11.3 Å². The lowest BCUT2D eigenvalue weighted by Crippen LogP contribution is -2.47. The first-order valence-electron chi connectivity index (χ1n) is 8.09. The predicted octanol–water partition coefficient (Wildman–Crippen LogP) is 0.765. The second kappa shape index (κ2) is 7.48. The van der Waals surface area contributed by atoms with Gasteiger partial charge in [0.15, 0.2) is 0 Å². The van der Waals surface area contributed by atoms with Gasteiger partial charge in [-0.3, -0.25) is 19.6 Å². The molecule has 0 bridgehead atoms. The van der Waals surface area contributed by atoms with Crippen LogP contribution in [0.25, 0.3) is 0 Å². The molecule has 1 saturated heterocycles. The smallest absolute Gasteiger partial charge is 0.266 e. The Labute approximate surface area is 136 Å². The minimum atomic E-state index is -0.0224. The van der Waals surface area contributed by atoms with Crippen LogP contribution < -0.4 is 5.56 Å². The summed E-state index contributed by atoms with van der Waals surface area (Å²) in [6.45, 7) is 8.55. The fourth-order valence-electron chi connectivity index (χ4n) is 2.87. The molecule has 1 aliphatic heterocycles. The SMILES string of the molecule is Cc1ccc(=O)n(CCN2CCN(Cc3cccnc3)CC2)n1. The van der Waals surface area contributed by atoms with Crippen LogP contribution in [-0.2, 0) is 13.1 Å². The average molecular weight is 313 g/mol. The summed E-state index contributed by atoms with van der Waals surface area (Å²) in [5, 5.41) is 4.29. The summed E-state index contributed by atoms with van der Waals surface area (Å²) in [6, 6.07) is 7.46. The van der Waals surface area contributed by atoms with Gasteiger partial charge in [0, 0.05) is 57.7 Å². The molecule has 1 aliphatic rings. The van der Waals surface area contributed by atoms with Gasteiger partial charge in [-0.1, -0.05) is 6.07 Å². The molecule has 3 heterocycles. The summed E-state index contributed by atoms with van der Waals surface area (Å²) in [7, 11) is 0. The van der Waals surface area contributed by atoms with Crippen molar-refractivity contribution < 1.29 is 0 Å². The Morgan fingerprint density at radius 3 is 2.57 bits per heavy atom. The zero-order valence-corrected chi connectivity index (χ0v) is 13.6. The van der Waals surface area contributed by atoms with Crippen molar-refractivity contribution in [1.82, 2.24) is 24.6 Å². The summed E-state index contributed by atoms with van der Waals surface area (Å²) < 4.78 is 1.57. The van der Waals surface area contributed by atoms with E-state index in [4.69, 9.17) is 0 Å². The van der Waals surface area contributed by atoms with Crippen molar-refractivity contribution in [3.63, 3.8) is 0 Å². The summed E-state index contributed by atoms with van der Waals surface area (Å²) in [5.41, 5.74) is 2.12. The van der Waals surface area contributed by atoms with Crippen molar-refractivity contribution in [3.8, 4) is 0 Å². The zero-order valence-electron chi connectivity index (χ0n) is 13.6. The molecule has 0 amide bonds. The number of pyridine rings is 1. The van der Waals surface area contributed by atoms with Gasteiger partial charge >= 0.3 is 0 Å². The van der Waals surface area contributed by atoms with Crippen molar-refractivity contribution in [1.29, 1.82) is 0 Å². The third kappa shape index (κ3) is 4.46. The molecule has 23 heavy (non-hydrogen) atoms.